The van der Waals surface area contributed by atoms with E-state index in [2.05, 4.69) is 165 Å². The highest BCUT2D eigenvalue weighted by Gasteiger charge is 2.35. The van der Waals surface area contributed by atoms with Gasteiger partial charge in [0.2, 0.25) is 0 Å². The van der Waals surface area contributed by atoms with Crippen molar-refractivity contribution in [1.29, 1.82) is 0 Å². The molecule has 0 aliphatic heterocycles. The third-order valence-electron chi connectivity index (χ3n) is 10.6. The molecule has 8 aromatic rings. The topological polar surface area (TPSA) is 17.8 Å². The Labute approximate surface area is 276 Å². The molecule has 0 amide bonds. The summed E-state index contributed by atoms with van der Waals surface area (Å²) in [5, 5.41) is 5.26. The first-order valence-corrected chi connectivity index (χ1v) is 16.6. The molecule has 1 heterocycles. The van der Waals surface area contributed by atoms with Gasteiger partial charge in [-0.25, -0.2) is 4.98 Å². The van der Waals surface area contributed by atoms with Gasteiger partial charge in [-0.15, -0.1) is 0 Å². The lowest BCUT2D eigenvalue weighted by atomic mass is 9.80. The number of hydrogen-bond donors (Lipinski definition) is 0. The average molecular weight is 605 g/mol. The molecule has 0 atom stereocenters. The van der Waals surface area contributed by atoms with Gasteiger partial charge < -0.3 is 4.57 Å². The number of para-hydroxylation sites is 2. The summed E-state index contributed by atoms with van der Waals surface area (Å²) >= 11 is 0. The van der Waals surface area contributed by atoms with E-state index in [0.717, 1.165) is 24.3 Å². The number of imidazole rings is 1. The minimum atomic E-state index is -0.0455. The van der Waals surface area contributed by atoms with Crippen LogP contribution in [0.2, 0.25) is 0 Å². The smallest absolute Gasteiger partial charge is 0.107 e. The van der Waals surface area contributed by atoms with Crippen LogP contribution in [0.5, 0.6) is 0 Å². The summed E-state index contributed by atoms with van der Waals surface area (Å²) in [5.41, 5.74) is 14.4. The van der Waals surface area contributed by atoms with E-state index >= 15 is 0 Å². The van der Waals surface area contributed by atoms with Gasteiger partial charge in [0, 0.05) is 12.0 Å². The standard InChI is InChI=1S/C45H36N2/c1-29-46-42-22-12-13-23-43(42)47(29)28-32-15-5-4-14-30(32)26-39-33-16-6-8-19-37(33)44(38-20-9-7-17-34(38)39)31-24-25-36-35-18-10-11-21-40(35)45(2,3)41(36)27-31/h4-25,27H,26,28H2,1-3H3. The predicted molar refractivity (Wildman–Crippen MR) is 197 cm³/mol. The Bertz CT molecular complexity index is 2450. The summed E-state index contributed by atoms with van der Waals surface area (Å²) in [6.45, 7) is 7.64. The van der Waals surface area contributed by atoms with E-state index in [1.165, 1.54) is 77.1 Å². The Kier molecular flexibility index (Phi) is 6.23. The number of aryl methyl sites for hydroxylation is 1. The van der Waals surface area contributed by atoms with Crippen molar-refractivity contribution in [3.05, 3.63) is 173 Å². The van der Waals surface area contributed by atoms with Gasteiger partial charge in [-0.2, -0.15) is 0 Å². The van der Waals surface area contributed by atoms with E-state index in [1.807, 2.05) is 0 Å². The lowest BCUT2D eigenvalue weighted by Crippen LogP contribution is -2.14. The fourth-order valence-electron chi connectivity index (χ4n) is 8.22. The van der Waals surface area contributed by atoms with Crippen molar-refractivity contribution in [2.45, 2.75) is 39.2 Å². The fraction of sp³-hybridized carbons (Fsp3) is 0.133. The van der Waals surface area contributed by atoms with Crippen molar-refractivity contribution in [3.63, 3.8) is 0 Å². The molecule has 9 rings (SSSR count). The first kappa shape index (κ1) is 27.8. The highest BCUT2D eigenvalue weighted by molar-refractivity contribution is 6.15. The molecular weight excluding hydrogens is 569 g/mol. The Balaban J connectivity index is 1.21. The number of hydrogen-bond acceptors (Lipinski definition) is 1. The Morgan fingerprint density at radius 3 is 1.94 bits per heavy atom. The van der Waals surface area contributed by atoms with E-state index in [1.54, 1.807) is 0 Å². The maximum absolute atomic E-state index is 4.85. The van der Waals surface area contributed by atoms with Gasteiger partial charge in [-0.1, -0.05) is 135 Å². The highest BCUT2D eigenvalue weighted by atomic mass is 15.1. The molecule has 0 unspecified atom stereocenters. The molecule has 0 saturated heterocycles. The van der Waals surface area contributed by atoms with Crippen molar-refractivity contribution >= 4 is 32.6 Å². The number of rotatable bonds is 5. The van der Waals surface area contributed by atoms with Crippen LogP contribution in [-0.2, 0) is 18.4 Å². The number of fused-ring (bicyclic) bond motifs is 6. The van der Waals surface area contributed by atoms with Crippen LogP contribution in [0.1, 0.15) is 47.5 Å². The number of nitrogens with zero attached hydrogens (tertiary/aromatic N) is 2. The maximum Gasteiger partial charge on any atom is 0.107 e. The van der Waals surface area contributed by atoms with Gasteiger partial charge in [0.25, 0.3) is 0 Å². The number of aromatic nitrogens is 2. The SMILES string of the molecule is Cc1nc2ccccc2n1Cc1ccccc1Cc1c2ccccc2c(-c2ccc3c(c2)C(C)(C)c2ccccc2-3)c2ccccc12. The second-order valence-electron chi connectivity index (χ2n) is 13.6. The van der Waals surface area contributed by atoms with Crippen molar-refractivity contribution < 1.29 is 0 Å². The second kappa shape index (κ2) is 10.5. The summed E-state index contributed by atoms with van der Waals surface area (Å²) in [6.07, 6.45) is 0.857. The molecule has 1 aromatic heterocycles. The quantitative estimate of drug-likeness (QED) is 0.179. The molecule has 1 aliphatic rings. The molecule has 0 spiro atoms. The summed E-state index contributed by atoms with van der Waals surface area (Å²) in [5.74, 6) is 1.04. The molecule has 0 bridgehead atoms. The van der Waals surface area contributed by atoms with Crippen LogP contribution < -0.4 is 0 Å². The molecular formula is C45H36N2. The van der Waals surface area contributed by atoms with E-state index in [4.69, 9.17) is 4.98 Å². The lowest BCUT2D eigenvalue weighted by Gasteiger charge is -2.23. The minimum absolute atomic E-state index is 0.0455. The molecule has 7 aromatic carbocycles. The van der Waals surface area contributed by atoms with Crippen LogP contribution in [0.4, 0.5) is 0 Å². The van der Waals surface area contributed by atoms with Crippen LogP contribution in [-0.4, -0.2) is 9.55 Å². The lowest BCUT2D eigenvalue weighted by molar-refractivity contribution is 0.660. The van der Waals surface area contributed by atoms with Crippen LogP contribution >= 0.6 is 0 Å². The van der Waals surface area contributed by atoms with Gasteiger partial charge in [0.15, 0.2) is 0 Å². The van der Waals surface area contributed by atoms with E-state index in [-0.39, 0.29) is 5.41 Å². The summed E-state index contributed by atoms with van der Waals surface area (Å²) in [4.78, 5) is 4.85. The van der Waals surface area contributed by atoms with Crippen LogP contribution in [0.25, 0.3) is 54.8 Å². The van der Waals surface area contributed by atoms with Crippen molar-refractivity contribution in [3.8, 4) is 22.3 Å². The zero-order valence-electron chi connectivity index (χ0n) is 27.1. The first-order chi connectivity index (χ1) is 23.0. The van der Waals surface area contributed by atoms with E-state index < -0.39 is 0 Å². The van der Waals surface area contributed by atoms with Crippen molar-refractivity contribution in [1.82, 2.24) is 9.55 Å². The minimum Gasteiger partial charge on any atom is -0.324 e. The summed E-state index contributed by atoms with van der Waals surface area (Å²) in [7, 11) is 0. The maximum atomic E-state index is 4.85. The Hall–Kier alpha value is -5.47. The molecule has 226 valence electrons. The third-order valence-corrected chi connectivity index (χ3v) is 10.6. The molecule has 0 saturated carbocycles. The van der Waals surface area contributed by atoms with Crippen molar-refractivity contribution in [2.24, 2.45) is 0 Å². The first-order valence-electron chi connectivity index (χ1n) is 16.6. The van der Waals surface area contributed by atoms with Gasteiger partial charge in [-0.3, -0.25) is 0 Å². The average Bonchev–Trinajstić information content (AvgIpc) is 3.54. The third kappa shape index (κ3) is 4.28. The molecule has 0 N–H and O–H groups in total. The van der Waals surface area contributed by atoms with Gasteiger partial charge in [-0.05, 0) is 103 Å². The summed E-state index contributed by atoms with van der Waals surface area (Å²) < 4.78 is 2.35. The zero-order valence-corrected chi connectivity index (χ0v) is 27.1. The van der Waals surface area contributed by atoms with E-state index in [0.29, 0.717) is 0 Å². The van der Waals surface area contributed by atoms with E-state index in [9.17, 15) is 0 Å². The molecule has 0 radical (unpaired) electrons. The predicted octanol–water partition coefficient (Wildman–Crippen LogP) is 11.3. The molecule has 2 heteroatoms. The molecule has 2 nitrogen and oxygen atoms in total. The van der Waals surface area contributed by atoms with Gasteiger partial charge in [0.05, 0.1) is 11.0 Å². The normalized spacial score (nSPS) is 13.3. The molecule has 1 aliphatic carbocycles. The second-order valence-corrected chi connectivity index (χ2v) is 13.6. The highest BCUT2D eigenvalue weighted by Crippen LogP contribution is 2.50. The Morgan fingerprint density at radius 1 is 0.574 bits per heavy atom. The van der Waals surface area contributed by atoms with Gasteiger partial charge in [0.1, 0.15) is 5.82 Å². The summed E-state index contributed by atoms with van der Waals surface area (Å²) in [6, 6.07) is 51.5. The molecule has 47 heavy (non-hydrogen) atoms. The number of benzene rings is 7. The fourth-order valence-corrected chi connectivity index (χ4v) is 8.22. The van der Waals surface area contributed by atoms with Crippen LogP contribution in [0, 0.1) is 6.92 Å². The van der Waals surface area contributed by atoms with Crippen LogP contribution in [0.15, 0.2) is 140 Å². The molecule has 0 fully saturated rings. The zero-order chi connectivity index (χ0) is 31.7. The monoisotopic (exact) mass is 604 g/mol. The Morgan fingerprint density at radius 2 is 1.17 bits per heavy atom. The van der Waals surface area contributed by atoms with Gasteiger partial charge >= 0.3 is 0 Å². The van der Waals surface area contributed by atoms with Crippen LogP contribution in [0.3, 0.4) is 0 Å². The largest absolute Gasteiger partial charge is 0.324 e. The van der Waals surface area contributed by atoms with Crippen molar-refractivity contribution in [2.75, 3.05) is 0 Å².